The Morgan fingerprint density at radius 1 is 1.47 bits per heavy atom. The van der Waals surface area contributed by atoms with Crippen LogP contribution in [0.2, 0.25) is 0 Å². The van der Waals surface area contributed by atoms with Crippen molar-refractivity contribution in [1.29, 1.82) is 0 Å². The van der Waals surface area contributed by atoms with E-state index in [4.69, 9.17) is 0 Å². The van der Waals surface area contributed by atoms with Crippen LogP contribution in [0.5, 0.6) is 0 Å². The summed E-state index contributed by atoms with van der Waals surface area (Å²) in [5.74, 6) is 1.15. The summed E-state index contributed by atoms with van der Waals surface area (Å²) in [4.78, 5) is 18.7. The highest BCUT2D eigenvalue weighted by atomic mass is 16.6. The highest BCUT2D eigenvalue weighted by molar-refractivity contribution is 5.69. The van der Waals surface area contributed by atoms with Crippen LogP contribution < -0.4 is 10.6 Å². The zero-order valence-corrected chi connectivity index (χ0v) is 11.2. The van der Waals surface area contributed by atoms with Gasteiger partial charge in [-0.2, -0.15) is 0 Å². The highest BCUT2D eigenvalue weighted by Crippen LogP contribution is 2.34. The largest absolute Gasteiger partial charge is 0.364 e. The monoisotopic (exact) mass is 265 g/mol. The molecule has 1 aromatic heterocycles. The van der Waals surface area contributed by atoms with Crippen molar-refractivity contribution in [1.82, 2.24) is 9.97 Å². The second-order valence-corrected chi connectivity index (χ2v) is 4.83. The molecule has 19 heavy (non-hydrogen) atoms. The Labute approximate surface area is 112 Å². The predicted octanol–water partition coefficient (Wildman–Crippen LogP) is 2.42. The van der Waals surface area contributed by atoms with Crippen LogP contribution in [-0.2, 0) is 0 Å². The van der Waals surface area contributed by atoms with E-state index >= 15 is 0 Å². The van der Waals surface area contributed by atoms with Crippen molar-refractivity contribution in [2.24, 2.45) is 5.92 Å². The molecule has 0 aromatic carbocycles. The fourth-order valence-corrected chi connectivity index (χ4v) is 2.23. The standard InChI is InChI=1S/C12H19N5O2/c1-3-13-11-10(17(18)19)12(15-7-14-11)16-8(2)9-5-4-6-9/h7-9H,3-6H2,1-2H3,(H2,13,14,15,16). The molecule has 1 atom stereocenters. The van der Waals surface area contributed by atoms with E-state index in [2.05, 4.69) is 20.6 Å². The first-order valence-electron chi connectivity index (χ1n) is 6.63. The fraction of sp³-hybridized carbons (Fsp3) is 0.667. The molecule has 1 aliphatic rings. The molecule has 2 N–H and O–H groups in total. The molecule has 0 radical (unpaired) electrons. The number of hydrogen-bond acceptors (Lipinski definition) is 6. The average Bonchev–Trinajstić information content (AvgIpc) is 2.26. The molecule has 0 aliphatic heterocycles. The van der Waals surface area contributed by atoms with Crippen LogP contribution >= 0.6 is 0 Å². The number of nitrogens with one attached hydrogen (secondary N) is 2. The van der Waals surface area contributed by atoms with E-state index in [1.54, 1.807) is 0 Å². The Bertz CT molecular complexity index is 461. The maximum Gasteiger partial charge on any atom is 0.353 e. The van der Waals surface area contributed by atoms with Crippen molar-refractivity contribution in [3.8, 4) is 0 Å². The third-order valence-electron chi connectivity index (χ3n) is 3.57. The smallest absolute Gasteiger partial charge is 0.353 e. The average molecular weight is 265 g/mol. The van der Waals surface area contributed by atoms with Gasteiger partial charge in [-0.15, -0.1) is 0 Å². The molecule has 1 fully saturated rings. The summed E-state index contributed by atoms with van der Waals surface area (Å²) in [5.41, 5.74) is -0.0736. The molecule has 0 bridgehead atoms. The topological polar surface area (TPSA) is 93.0 Å². The molecule has 1 aliphatic carbocycles. The van der Waals surface area contributed by atoms with Crippen molar-refractivity contribution in [3.05, 3.63) is 16.4 Å². The van der Waals surface area contributed by atoms with Crippen LogP contribution in [0.4, 0.5) is 17.3 Å². The van der Waals surface area contributed by atoms with Crippen LogP contribution in [0.1, 0.15) is 33.1 Å². The number of nitrogens with zero attached hydrogens (tertiary/aromatic N) is 3. The molecule has 2 rings (SSSR count). The third-order valence-corrected chi connectivity index (χ3v) is 3.57. The lowest BCUT2D eigenvalue weighted by molar-refractivity contribution is -0.383. The molecule has 0 amide bonds. The van der Waals surface area contributed by atoms with Crippen LogP contribution in [0, 0.1) is 16.0 Å². The van der Waals surface area contributed by atoms with Gasteiger partial charge in [0.05, 0.1) is 4.92 Å². The van der Waals surface area contributed by atoms with Gasteiger partial charge in [0.1, 0.15) is 6.33 Å². The van der Waals surface area contributed by atoms with Gasteiger partial charge in [-0.05, 0) is 32.6 Å². The maximum absolute atomic E-state index is 11.2. The zero-order chi connectivity index (χ0) is 13.8. The molecule has 1 unspecified atom stereocenters. The minimum absolute atomic E-state index is 0.0736. The lowest BCUT2D eigenvalue weighted by Crippen LogP contribution is -2.31. The number of aromatic nitrogens is 2. The summed E-state index contributed by atoms with van der Waals surface area (Å²) in [6, 6.07) is 0.192. The second kappa shape index (κ2) is 5.81. The predicted molar refractivity (Wildman–Crippen MR) is 73.3 cm³/mol. The maximum atomic E-state index is 11.2. The van der Waals surface area contributed by atoms with Crippen molar-refractivity contribution in [3.63, 3.8) is 0 Å². The first-order chi connectivity index (χ1) is 9.13. The van der Waals surface area contributed by atoms with Gasteiger partial charge in [0.25, 0.3) is 0 Å². The van der Waals surface area contributed by atoms with E-state index in [9.17, 15) is 10.1 Å². The fourth-order valence-electron chi connectivity index (χ4n) is 2.23. The van der Waals surface area contributed by atoms with Gasteiger partial charge in [-0.1, -0.05) is 6.42 Å². The third kappa shape index (κ3) is 2.91. The molecule has 7 heteroatoms. The molecule has 0 saturated heterocycles. The quantitative estimate of drug-likeness (QED) is 0.606. The van der Waals surface area contributed by atoms with Crippen molar-refractivity contribution >= 4 is 17.3 Å². The van der Waals surface area contributed by atoms with E-state index in [1.165, 1.54) is 25.6 Å². The van der Waals surface area contributed by atoms with Gasteiger partial charge in [-0.3, -0.25) is 10.1 Å². The summed E-state index contributed by atoms with van der Waals surface area (Å²) < 4.78 is 0. The minimum atomic E-state index is -0.437. The van der Waals surface area contributed by atoms with Crippen LogP contribution in [-0.4, -0.2) is 27.5 Å². The molecule has 104 valence electrons. The van der Waals surface area contributed by atoms with Gasteiger partial charge >= 0.3 is 5.69 Å². The van der Waals surface area contributed by atoms with Crippen molar-refractivity contribution in [2.75, 3.05) is 17.2 Å². The Balaban J connectivity index is 2.22. The van der Waals surface area contributed by atoms with Crippen molar-refractivity contribution < 1.29 is 4.92 Å². The Hall–Kier alpha value is -1.92. The Morgan fingerprint density at radius 3 is 2.68 bits per heavy atom. The van der Waals surface area contributed by atoms with E-state index in [0.717, 1.165) is 0 Å². The molecule has 1 aromatic rings. The van der Waals surface area contributed by atoms with Gasteiger partial charge in [0, 0.05) is 12.6 Å². The number of rotatable bonds is 6. The first-order valence-corrected chi connectivity index (χ1v) is 6.63. The molecule has 1 saturated carbocycles. The molecule has 7 nitrogen and oxygen atoms in total. The van der Waals surface area contributed by atoms with E-state index in [-0.39, 0.29) is 17.5 Å². The van der Waals surface area contributed by atoms with Gasteiger partial charge < -0.3 is 10.6 Å². The van der Waals surface area contributed by atoms with Gasteiger partial charge in [-0.25, -0.2) is 9.97 Å². The van der Waals surface area contributed by atoms with Gasteiger partial charge in [0.15, 0.2) is 0 Å². The lowest BCUT2D eigenvalue weighted by Gasteiger charge is -2.32. The summed E-state index contributed by atoms with van der Waals surface area (Å²) in [6.45, 7) is 4.49. The Morgan fingerprint density at radius 2 is 2.16 bits per heavy atom. The molecule has 0 spiro atoms. The Kier molecular flexibility index (Phi) is 4.13. The molecular weight excluding hydrogens is 246 g/mol. The number of anilines is 2. The lowest BCUT2D eigenvalue weighted by atomic mass is 9.80. The SMILES string of the molecule is CCNc1ncnc(NC(C)C2CCC2)c1[N+](=O)[O-]. The van der Waals surface area contributed by atoms with E-state index in [1.807, 2.05) is 13.8 Å². The number of hydrogen-bond donors (Lipinski definition) is 2. The van der Waals surface area contributed by atoms with Crippen LogP contribution in [0.25, 0.3) is 0 Å². The zero-order valence-electron chi connectivity index (χ0n) is 11.2. The molecule has 1 heterocycles. The second-order valence-electron chi connectivity index (χ2n) is 4.83. The number of nitro groups is 1. The minimum Gasteiger partial charge on any atom is -0.364 e. The van der Waals surface area contributed by atoms with Crippen molar-refractivity contribution in [2.45, 2.75) is 39.2 Å². The summed E-state index contributed by atoms with van der Waals surface area (Å²) in [5, 5.41) is 17.3. The van der Waals surface area contributed by atoms with Crippen LogP contribution in [0.15, 0.2) is 6.33 Å². The van der Waals surface area contributed by atoms with Crippen LogP contribution in [0.3, 0.4) is 0 Å². The normalized spacial score (nSPS) is 16.5. The first kappa shape index (κ1) is 13.5. The summed E-state index contributed by atoms with van der Waals surface area (Å²) in [7, 11) is 0. The van der Waals surface area contributed by atoms with Gasteiger partial charge in [0.2, 0.25) is 11.6 Å². The van der Waals surface area contributed by atoms with E-state index < -0.39 is 4.92 Å². The summed E-state index contributed by atoms with van der Waals surface area (Å²) in [6.07, 6.45) is 4.94. The summed E-state index contributed by atoms with van der Waals surface area (Å²) >= 11 is 0. The molecular formula is C12H19N5O2. The highest BCUT2D eigenvalue weighted by Gasteiger charge is 2.28. The van der Waals surface area contributed by atoms with E-state index in [0.29, 0.717) is 18.3 Å².